The maximum absolute atomic E-state index is 14.4. The van der Waals surface area contributed by atoms with Crippen LogP contribution in [0.3, 0.4) is 0 Å². The van der Waals surface area contributed by atoms with Crippen molar-refractivity contribution in [1.82, 2.24) is 60.3 Å². The minimum Gasteiger partial charge on any atom is -0.467 e. The van der Waals surface area contributed by atoms with Gasteiger partial charge >= 0.3 is 18.0 Å². The van der Waals surface area contributed by atoms with Gasteiger partial charge in [-0.2, -0.15) is 8.61 Å². The average Bonchev–Trinajstić information content (AvgIpc) is 1.53. The Morgan fingerprint density at radius 2 is 1.09 bits per heavy atom. The van der Waals surface area contributed by atoms with E-state index in [4.69, 9.17) is 11.2 Å². The van der Waals surface area contributed by atoms with E-state index in [1.807, 2.05) is 76.2 Å². The van der Waals surface area contributed by atoms with Crippen LogP contribution < -0.4 is 31.9 Å². The van der Waals surface area contributed by atoms with Gasteiger partial charge in [0.25, 0.3) is 26.0 Å². The quantitative estimate of drug-likeness (QED) is 0.0438. The van der Waals surface area contributed by atoms with Crippen molar-refractivity contribution < 1.29 is 60.2 Å². The van der Waals surface area contributed by atoms with Crippen molar-refractivity contribution in [2.75, 3.05) is 53.9 Å². The fraction of sp³-hybridized carbons (Fsp3) is 0.682. The molecule has 25 nitrogen and oxygen atoms in total. The van der Waals surface area contributed by atoms with Crippen LogP contribution >= 0.6 is 0 Å². The summed E-state index contributed by atoms with van der Waals surface area (Å²) in [6, 6.07) is 2.04. The second-order valence-electron chi connectivity index (χ2n) is 30.2. The Morgan fingerprint density at radius 1 is 0.688 bits per heavy atom. The first-order chi connectivity index (χ1) is 42.2. The number of terminal acetylenes is 1. The summed E-state index contributed by atoms with van der Waals surface area (Å²) in [5, 5.41) is 27.4. The van der Waals surface area contributed by atoms with E-state index in [1.54, 1.807) is 49.9 Å². The lowest BCUT2D eigenvalue weighted by molar-refractivity contribution is -0.154. The van der Waals surface area contributed by atoms with Gasteiger partial charge in [0.1, 0.15) is 24.2 Å². The number of piperidine rings is 2. The standard InChI is InChI=1S/C37H57N7O7S.C28H45N5O6S.CH4/c1-12-14-17-24(29(45)32(47)39-19-13-2)40-31(46)28-27-23(37(27,9)10)21-44(28)33(48)30(36(6,7)8)42-34(49)41-25(35(3,4)5)22-43(11)52(50,51)26-18-15-16-20-38-26;1-26(2,3)18(16-32(9)40(37,38)19-13-11-12-14-29-19)30-25(36)31-22(27(4,5)6)23(34)33-15-17-20(28(17,7)8)21(33)24(35)39-10;/h1,13,15-16,18,20,23-25,27-30,45H,2,14,17,19,21-22H2,3-11H3,(H,39,47)(H,40,46)(H2,41,42,49);11-14,17-18,20-22H,15-16H2,1-10H3,(H2,30,31,36);1H4/t23-,24?,25+,27-,28-,29?,30+;17-,18+,20-,21-,22+;/m00./s1. The average molecular weight is 1340 g/mol. The van der Waals surface area contributed by atoms with Crippen LogP contribution in [0.5, 0.6) is 0 Å². The molecule has 2 aromatic heterocycles. The number of esters is 1. The Balaban J connectivity index is 0.000000405. The number of fused-ring (bicyclic) bond motifs is 2. The first-order valence-electron chi connectivity index (χ1n) is 31.1. The zero-order valence-corrected chi connectivity index (χ0v) is 58.8. The summed E-state index contributed by atoms with van der Waals surface area (Å²) in [4.78, 5) is 106. The van der Waals surface area contributed by atoms with Gasteiger partial charge in [0.2, 0.25) is 17.7 Å². The van der Waals surface area contributed by atoms with Crippen LogP contribution in [0.4, 0.5) is 9.59 Å². The summed E-state index contributed by atoms with van der Waals surface area (Å²) in [6.07, 6.45) is 8.45. The summed E-state index contributed by atoms with van der Waals surface area (Å²) in [6.45, 7) is 34.7. The van der Waals surface area contributed by atoms with Crippen LogP contribution in [0, 0.1) is 68.5 Å². The van der Waals surface area contributed by atoms with Crippen LogP contribution in [0.25, 0.3) is 0 Å². The second kappa shape index (κ2) is 29.9. The summed E-state index contributed by atoms with van der Waals surface area (Å²) < 4.78 is 59.9. The Bertz CT molecular complexity index is 3280. The van der Waals surface area contributed by atoms with Gasteiger partial charge < -0.3 is 51.5 Å². The third-order valence-electron chi connectivity index (χ3n) is 18.7. The molecule has 2 aromatic rings. The third kappa shape index (κ3) is 18.4. The van der Waals surface area contributed by atoms with Crippen molar-refractivity contribution >= 4 is 61.7 Å². The molecule has 0 bridgehead atoms. The fourth-order valence-electron chi connectivity index (χ4n) is 12.4. The smallest absolute Gasteiger partial charge is 0.328 e. The van der Waals surface area contributed by atoms with E-state index in [0.717, 1.165) is 8.61 Å². The van der Waals surface area contributed by atoms with Crippen LogP contribution in [0.15, 0.2) is 71.5 Å². The summed E-state index contributed by atoms with van der Waals surface area (Å²) >= 11 is 0. The highest BCUT2D eigenvalue weighted by Crippen LogP contribution is 2.66. The van der Waals surface area contributed by atoms with E-state index in [0.29, 0.717) is 6.54 Å². The van der Waals surface area contributed by atoms with Crippen molar-refractivity contribution in [3.8, 4) is 12.3 Å². The van der Waals surface area contributed by atoms with Crippen LogP contribution in [0.2, 0.25) is 0 Å². The summed E-state index contributed by atoms with van der Waals surface area (Å²) in [7, 11) is -3.66. The predicted octanol–water partition coefficient (Wildman–Crippen LogP) is 5.00. The van der Waals surface area contributed by atoms with Gasteiger partial charge in [0, 0.05) is 83.6 Å². The number of aromatic nitrogens is 2. The van der Waals surface area contributed by atoms with E-state index in [1.165, 1.54) is 56.7 Å². The number of carbonyl (C=O) groups excluding carboxylic acids is 7. The second-order valence-corrected chi connectivity index (χ2v) is 34.2. The molecule has 2 saturated heterocycles. The molecule has 4 aliphatic rings. The molecule has 27 heteroatoms. The molecular weight excluding hydrogens is 1230 g/mol. The maximum Gasteiger partial charge on any atom is 0.328 e. The Kier molecular flexibility index (Phi) is 25.3. The van der Waals surface area contributed by atoms with Gasteiger partial charge in [-0.1, -0.05) is 136 Å². The monoisotopic (exact) mass is 1340 g/mol. The van der Waals surface area contributed by atoms with Crippen LogP contribution in [-0.4, -0.2) is 194 Å². The maximum atomic E-state index is 14.4. The highest BCUT2D eigenvalue weighted by atomic mass is 32.2. The third-order valence-corrected chi connectivity index (χ3v) is 22.2. The molecule has 2 unspecified atom stereocenters. The van der Waals surface area contributed by atoms with E-state index in [-0.39, 0.29) is 96.9 Å². The molecule has 6 rings (SSSR count). The molecule has 93 heavy (non-hydrogen) atoms. The summed E-state index contributed by atoms with van der Waals surface area (Å²) in [5.74, 6) is 0.0473. The lowest BCUT2D eigenvalue weighted by atomic mass is 9.85. The molecule has 12 atom stereocenters. The van der Waals surface area contributed by atoms with E-state index in [2.05, 4.69) is 68.2 Å². The minimum atomic E-state index is -3.95. The zero-order valence-electron chi connectivity index (χ0n) is 57.2. The number of nitrogens with one attached hydrogen (secondary N) is 6. The highest BCUT2D eigenvalue weighted by Gasteiger charge is 2.71. The molecule has 8 amide bonds. The van der Waals surface area contributed by atoms with Crippen molar-refractivity contribution in [3.05, 3.63) is 61.4 Å². The van der Waals surface area contributed by atoms with Crippen LogP contribution in [0.1, 0.15) is 131 Å². The molecule has 2 saturated carbocycles. The summed E-state index contributed by atoms with van der Waals surface area (Å²) in [5.41, 5.74) is -2.89. The number of rotatable bonds is 23. The number of likely N-dealkylation sites (N-methyl/N-ethyl adjacent to an activating group) is 2. The number of likely N-dealkylation sites (tertiary alicyclic amines) is 2. The normalized spacial score (nSPS) is 22.4. The zero-order chi connectivity index (χ0) is 69.8. The van der Waals surface area contributed by atoms with Crippen molar-refractivity contribution in [1.29, 1.82) is 0 Å². The predicted molar refractivity (Wildman–Crippen MR) is 355 cm³/mol. The lowest BCUT2D eigenvalue weighted by Crippen LogP contribution is -2.63. The highest BCUT2D eigenvalue weighted by molar-refractivity contribution is 7.89. The van der Waals surface area contributed by atoms with Gasteiger partial charge in [0.05, 0.1) is 13.2 Å². The van der Waals surface area contributed by atoms with Gasteiger partial charge in [-0.3, -0.25) is 19.2 Å². The number of hydrogen-bond donors (Lipinski definition) is 7. The van der Waals surface area contributed by atoms with Gasteiger partial charge in [0.15, 0.2) is 16.2 Å². The number of methoxy groups -OCH3 is 1. The van der Waals surface area contributed by atoms with Crippen molar-refractivity contribution in [2.24, 2.45) is 56.2 Å². The Labute approximate surface area is 553 Å². The Hall–Kier alpha value is -6.73. The molecule has 4 fully saturated rings. The number of urea groups is 2. The first-order valence-corrected chi connectivity index (χ1v) is 34.0. The molecule has 2 aliphatic heterocycles. The van der Waals surface area contributed by atoms with E-state index >= 15 is 0 Å². The number of carbonyl (C=O) groups is 7. The number of amides is 8. The Morgan fingerprint density at radius 3 is 1.43 bits per heavy atom. The number of aliphatic hydroxyl groups is 1. The number of pyridine rings is 2. The molecule has 0 aromatic carbocycles. The van der Waals surface area contributed by atoms with Gasteiger partial charge in [-0.25, -0.2) is 41.2 Å². The number of hydrogen-bond acceptors (Lipinski definition) is 15. The lowest BCUT2D eigenvalue weighted by Gasteiger charge is -2.39. The van der Waals surface area contributed by atoms with Gasteiger partial charge in [-0.05, 0) is 80.9 Å². The first kappa shape index (κ1) is 78.7. The van der Waals surface area contributed by atoms with Crippen LogP contribution in [-0.2, 0) is 48.8 Å². The van der Waals surface area contributed by atoms with E-state index < -0.39 is 126 Å². The largest absolute Gasteiger partial charge is 0.467 e. The molecule has 0 spiro atoms. The number of aliphatic hydroxyl groups excluding tert-OH is 1. The minimum absolute atomic E-state index is 0. The van der Waals surface area contributed by atoms with Crippen molar-refractivity contribution in [3.63, 3.8) is 0 Å². The van der Waals surface area contributed by atoms with E-state index in [9.17, 15) is 55.5 Å². The number of ether oxygens (including phenoxy) is 1. The van der Waals surface area contributed by atoms with Gasteiger partial charge in [-0.15, -0.1) is 18.9 Å². The molecular formula is C66H106N12O13S2. The molecule has 520 valence electrons. The number of sulfonamides is 2. The molecule has 2 aliphatic carbocycles. The number of nitrogens with zero attached hydrogens (tertiary/aromatic N) is 6. The molecule has 7 N–H and O–H groups in total. The fourth-order valence-corrected chi connectivity index (χ4v) is 14.6. The molecule has 4 heterocycles. The topological polar surface area (TPSA) is 328 Å². The molecule has 0 radical (unpaired) electrons. The SMILES string of the molecule is C.C#CCCC(NC(=O)[C@@H]1[C@@H]2[C@H](CN1C(=O)[C@@H](NC(=O)N[C@H](CN(C)S(=O)(=O)c1ccccn1)C(C)(C)C)C(C)(C)C)C2(C)C)C(O)C(=O)NCC=C.COC(=O)[C@@H]1[C@@H]2[C@H](CN1C(=O)[C@@H](NC(=O)N[C@H](CN(C)S(=O)(=O)c1ccccn1)C(C)(C)C)C(C)(C)C)C2(C)C. The van der Waals surface area contributed by atoms with Crippen molar-refractivity contribution in [2.45, 2.75) is 189 Å².